The average Bonchev–Trinajstić information content (AvgIpc) is 3.28. The number of nitrogens with zero attached hydrogens (tertiary/aromatic N) is 1. The van der Waals surface area contributed by atoms with E-state index in [0.717, 1.165) is 25.1 Å². The standard InChI is InChI=1S/C17H16F2N2O4.ClH/c18-12-5-10-14(13(19)16(12)25-9-3-4-20-6-9)21(8-1-2-8)7-11(15(10)22)17(23)24;/h5,7-9,20H,1-4,6H2,(H,23,24);1H. The Morgan fingerprint density at radius 3 is 2.62 bits per heavy atom. The summed E-state index contributed by atoms with van der Waals surface area (Å²) in [6.07, 6.45) is 2.92. The lowest BCUT2D eigenvalue weighted by molar-refractivity contribution is 0.0695. The summed E-state index contributed by atoms with van der Waals surface area (Å²) in [4.78, 5) is 23.6. The maximum atomic E-state index is 15.1. The Bertz CT molecular complexity index is 937. The van der Waals surface area contributed by atoms with Crippen LogP contribution in [-0.2, 0) is 0 Å². The molecular weight excluding hydrogens is 370 g/mol. The van der Waals surface area contributed by atoms with Gasteiger partial charge in [-0.25, -0.2) is 13.6 Å². The summed E-state index contributed by atoms with van der Waals surface area (Å²) >= 11 is 0. The van der Waals surface area contributed by atoms with E-state index in [1.165, 1.54) is 4.57 Å². The zero-order valence-corrected chi connectivity index (χ0v) is 14.4. The van der Waals surface area contributed by atoms with Crippen molar-refractivity contribution in [3.63, 3.8) is 0 Å². The largest absolute Gasteiger partial charge is 0.483 e. The van der Waals surface area contributed by atoms with Gasteiger partial charge >= 0.3 is 5.97 Å². The third-order valence-electron chi connectivity index (χ3n) is 4.64. The lowest BCUT2D eigenvalue weighted by Gasteiger charge is -2.18. The van der Waals surface area contributed by atoms with Crippen molar-refractivity contribution in [2.24, 2.45) is 0 Å². The van der Waals surface area contributed by atoms with Crippen LogP contribution in [0.4, 0.5) is 8.78 Å². The van der Waals surface area contributed by atoms with Gasteiger partial charge in [0.1, 0.15) is 11.7 Å². The van der Waals surface area contributed by atoms with Crippen molar-refractivity contribution in [1.29, 1.82) is 0 Å². The maximum Gasteiger partial charge on any atom is 0.341 e. The van der Waals surface area contributed by atoms with Crippen molar-refractivity contribution in [2.75, 3.05) is 13.1 Å². The fraction of sp³-hybridized carbons (Fsp3) is 0.412. The molecule has 9 heteroatoms. The molecule has 1 saturated carbocycles. The average molecular weight is 387 g/mol. The van der Waals surface area contributed by atoms with Crippen LogP contribution in [-0.4, -0.2) is 34.8 Å². The Labute approximate surface area is 153 Å². The lowest BCUT2D eigenvalue weighted by Crippen LogP contribution is -2.23. The molecule has 1 aromatic carbocycles. The molecule has 140 valence electrons. The van der Waals surface area contributed by atoms with Gasteiger partial charge in [0.25, 0.3) is 0 Å². The van der Waals surface area contributed by atoms with Crippen LogP contribution in [0, 0.1) is 11.6 Å². The predicted octanol–water partition coefficient (Wildman–Crippen LogP) is 2.48. The second-order valence-corrected chi connectivity index (χ2v) is 6.45. The van der Waals surface area contributed by atoms with Crippen molar-refractivity contribution < 1.29 is 23.4 Å². The summed E-state index contributed by atoms with van der Waals surface area (Å²) in [6, 6.07) is 0.784. The van der Waals surface area contributed by atoms with Crippen molar-refractivity contribution in [1.82, 2.24) is 9.88 Å². The Hall–Kier alpha value is -2.19. The monoisotopic (exact) mass is 386 g/mol. The van der Waals surface area contributed by atoms with E-state index in [1.54, 1.807) is 0 Å². The van der Waals surface area contributed by atoms with Gasteiger partial charge in [-0.05, 0) is 31.9 Å². The molecule has 6 nitrogen and oxygen atoms in total. The molecule has 1 aliphatic carbocycles. The molecule has 4 rings (SSSR count). The fourth-order valence-corrected chi connectivity index (χ4v) is 3.22. The first-order valence-corrected chi connectivity index (χ1v) is 8.15. The van der Waals surface area contributed by atoms with Crippen LogP contribution < -0.4 is 15.5 Å². The Morgan fingerprint density at radius 2 is 2.04 bits per heavy atom. The van der Waals surface area contributed by atoms with Crippen LogP contribution in [0.3, 0.4) is 0 Å². The molecule has 0 spiro atoms. The number of fused-ring (bicyclic) bond motifs is 1. The van der Waals surface area contributed by atoms with Crippen LogP contribution in [0.25, 0.3) is 10.9 Å². The highest BCUT2D eigenvalue weighted by Crippen LogP contribution is 2.39. The molecule has 1 aliphatic heterocycles. The molecule has 0 bridgehead atoms. The molecule has 2 aliphatic rings. The predicted molar refractivity (Wildman–Crippen MR) is 92.5 cm³/mol. The first-order valence-electron chi connectivity index (χ1n) is 8.15. The Balaban J connectivity index is 0.00000196. The van der Waals surface area contributed by atoms with Gasteiger partial charge < -0.3 is 19.7 Å². The topological polar surface area (TPSA) is 80.6 Å². The SMILES string of the molecule is Cl.O=C(O)c1cn(C2CC2)c2c(F)c(OC3CCNC3)c(F)cc2c1=O. The minimum Gasteiger partial charge on any atom is -0.483 e. The normalized spacial score (nSPS) is 19.4. The fourth-order valence-electron chi connectivity index (χ4n) is 3.22. The minimum atomic E-state index is -1.42. The third kappa shape index (κ3) is 3.03. The summed E-state index contributed by atoms with van der Waals surface area (Å²) in [5.41, 5.74) is -1.49. The Kier molecular flexibility index (Phi) is 4.90. The van der Waals surface area contributed by atoms with E-state index in [4.69, 9.17) is 4.74 Å². The van der Waals surface area contributed by atoms with E-state index in [1.807, 2.05) is 0 Å². The van der Waals surface area contributed by atoms with Crippen LogP contribution in [0.1, 0.15) is 35.7 Å². The summed E-state index contributed by atoms with van der Waals surface area (Å²) < 4.78 is 36.4. The number of rotatable bonds is 4. The first-order chi connectivity index (χ1) is 12.0. The highest BCUT2D eigenvalue weighted by Gasteiger charge is 2.31. The molecule has 1 atom stereocenters. The number of pyridine rings is 1. The van der Waals surface area contributed by atoms with E-state index in [0.29, 0.717) is 19.5 Å². The molecule has 2 heterocycles. The van der Waals surface area contributed by atoms with Crippen molar-refractivity contribution in [2.45, 2.75) is 31.4 Å². The van der Waals surface area contributed by atoms with Gasteiger partial charge in [0.05, 0.1) is 10.9 Å². The maximum absolute atomic E-state index is 15.1. The minimum absolute atomic E-state index is 0. The van der Waals surface area contributed by atoms with Gasteiger partial charge in [0.2, 0.25) is 5.43 Å². The molecule has 2 fully saturated rings. The molecule has 1 saturated heterocycles. The summed E-state index contributed by atoms with van der Waals surface area (Å²) in [7, 11) is 0. The number of carboxylic acid groups (broad SMARTS) is 1. The number of hydrogen-bond acceptors (Lipinski definition) is 4. The van der Waals surface area contributed by atoms with Gasteiger partial charge in [0.15, 0.2) is 17.4 Å². The number of carbonyl (C=O) groups is 1. The molecule has 1 unspecified atom stereocenters. The smallest absolute Gasteiger partial charge is 0.341 e. The zero-order valence-electron chi connectivity index (χ0n) is 13.6. The number of carboxylic acids is 1. The second-order valence-electron chi connectivity index (χ2n) is 6.45. The van der Waals surface area contributed by atoms with Gasteiger partial charge in [-0.2, -0.15) is 0 Å². The van der Waals surface area contributed by atoms with Crippen LogP contribution in [0.15, 0.2) is 17.1 Å². The van der Waals surface area contributed by atoms with Crippen LogP contribution in [0.2, 0.25) is 0 Å². The van der Waals surface area contributed by atoms with E-state index in [-0.39, 0.29) is 35.5 Å². The zero-order chi connectivity index (χ0) is 17.7. The number of nitrogens with one attached hydrogen (secondary N) is 1. The van der Waals surface area contributed by atoms with E-state index >= 15 is 4.39 Å². The molecule has 1 aromatic heterocycles. The molecular formula is C17H17ClF2N2O4. The third-order valence-corrected chi connectivity index (χ3v) is 4.64. The van der Waals surface area contributed by atoms with E-state index in [2.05, 4.69) is 5.32 Å². The summed E-state index contributed by atoms with van der Waals surface area (Å²) in [6.45, 7) is 1.19. The summed E-state index contributed by atoms with van der Waals surface area (Å²) in [5, 5.41) is 12.0. The summed E-state index contributed by atoms with van der Waals surface area (Å²) in [5.74, 6) is -3.89. The highest BCUT2D eigenvalue weighted by molar-refractivity contribution is 5.93. The molecule has 2 aromatic rings. The van der Waals surface area contributed by atoms with E-state index in [9.17, 15) is 19.1 Å². The lowest BCUT2D eigenvalue weighted by atomic mass is 10.1. The van der Waals surface area contributed by atoms with Crippen LogP contribution in [0.5, 0.6) is 5.75 Å². The quantitative estimate of drug-likeness (QED) is 0.843. The van der Waals surface area contributed by atoms with Crippen molar-refractivity contribution >= 4 is 29.3 Å². The second kappa shape index (κ2) is 6.85. The molecule has 26 heavy (non-hydrogen) atoms. The Morgan fingerprint density at radius 1 is 1.31 bits per heavy atom. The van der Waals surface area contributed by atoms with Gasteiger partial charge in [-0.3, -0.25) is 4.79 Å². The van der Waals surface area contributed by atoms with Gasteiger partial charge in [0, 0.05) is 18.8 Å². The number of halogens is 3. The number of aromatic nitrogens is 1. The first kappa shape index (κ1) is 18.6. The number of aromatic carboxylic acids is 1. The van der Waals surface area contributed by atoms with Gasteiger partial charge in [-0.1, -0.05) is 0 Å². The van der Waals surface area contributed by atoms with Crippen molar-refractivity contribution in [3.05, 3.63) is 39.7 Å². The molecule has 0 amide bonds. The molecule has 0 radical (unpaired) electrons. The van der Waals surface area contributed by atoms with Crippen molar-refractivity contribution in [3.8, 4) is 5.75 Å². The molecule has 2 N–H and O–H groups in total. The highest BCUT2D eigenvalue weighted by atomic mass is 35.5. The number of hydrogen-bond donors (Lipinski definition) is 2. The number of ether oxygens (including phenoxy) is 1. The van der Waals surface area contributed by atoms with E-state index < -0.39 is 34.3 Å². The number of benzene rings is 1. The van der Waals surface area contributed by atoms with Gasteiger partial charge in [-0.15, -0.1) is 12.4 Å². The van der Waals surface area contributed by atoms with Crippen LogP contribution >= 0.6 is 12.4 Å².